The van der Waals surface area contributed by atoms with Crippen LogP contribution in [0.4, 0.5) is 0 Å². The molecular weight excluding hydrogens is 264 g/mol. The minimum Gasteiger partial charge on any atom is -0.299 e. The average molecular weight is 283 g/mol. The van der Waals surface area contributed by atoms with Gasteiger partial charge in [-0.15, -0.1) is 0 Å². The van der Waals surface area contributed by atoms with E-state index in [0.29, 0.717) is 24.5 Å². The Morgan fingerprint density at radius 3 is 2.25 bits per heavy atom. The second kappa shape index (κ2) is 6.85. The molecule has 0 saturated heterocycles. The van der Waals surface area contributed by atoms with Gasteiger partial charge in [0, 0.05) is 18.2 Å². The van der Waals surface area contributed by atoms with Gasteiger partial charge in [-0.1, -0.05) is 54.0 Å². The molecule has 0 unspecified atom stereocenters. The van der Waals surface area contributed by atoms with E-state index in [1.54, 1.807) is 0 Å². The lowest BCUT2D eigenvalue weighted by atomic mass is 10.00. The summed E-state index contributed by atoms with van der Waals surface area (Å²) >= 11 is 3.28. The maximum atomic E-state index is 11.4. The molecule has 88 valence electrons. The molecule has 0 aliphatic carbocycles. The van der Waals surface area contributed by atoms with Gasteiger partial charge in [-0.25, -0.2) is 0 Å². The number of rotatable bonds is 6. The molecule has 0 N–H and O–H groups in total. The van der Waals surface area contributed by atoms with Crippen molar-refractivity contribution in [3.05, 3.63) is 35.4 Å². The van der Waals surface area contributed by atoms with E-state index in [1.165, 1.54) is 5.56 Å². The molecule has 1 aromatic carbocycles. The van der Waals surface area contributed by atoms with E-state index in [9.17, 15) is 4.79 Å². The smallest absolute Gasteiger partial charge is 0.138 e. The van der Waals surface area contributed by atoms with Gasteiger partial charge in [0.25, 0.3) is 0 Å². The summed E-state index contributed by atoms with van der Waals surface area (Å²) in [6, 6.07) is 8.42. The lowest BCUT2D eigenvalue weighted by molar-refractivity contribution is -0.118. The zero-order valence-corrected chi connectivity index (χ0v) is 11.6. The Balaban J connectivity index is 2.54. The van der Waals surface area contributed by atoms with E-state index < -0.39 is 0 Å². The Morgan fingerprint density at radius 1 is 1.19 bits per heavy atom. The van der Waals surface area contributed by atoms with Crippen LogP contribution in [0.2, 0.25) is 0 Å². The van der Waals surface area contributed by atoms with Crippen LogP contribution in [0.3, 0.4) is 0 Å². The van der Waals surface area contributed by atoms with Crippen molar-refractivity contribution in [1.82, 2.24) is 0 Å². The van der Waals surface area contributed by atoms with Crippen molar-refractivity contribution in [2.45, 2.75) is 33.1 Å². The Bertz CT molecular complexity index is 327. The first-order valence-corrected chi connectivity index (χ1v) is 6.89. The summed E-state index contributed by atoms with van der Waals surface area (Å²) in [7, 11) is 0. The van der Waals surface area contributed by atoms with Gasteiger partial charge in [0.2, 0.25) is 0 Å². The molecule has 2 heteroatoms. The summed E-state index contributed by atoms with van der Waals surface area (Å²) < 4.78 is 0. The molecule has 0 aliphatic heterocycles. The number of ketones is 1. The zero-order valence-electron chi connectivity index (χ0n) is 10.0. The highest BCUT2D eigenvalue weighted by molar-refractivity contribution is 9.09. The minimum absolute atomic E-state index is 0.300. The molecule has 0 aromatic heterocycles. The molecule has 0 saturated carbocycles. The van der Waals surface area contributed by atoms with Crippen LogP contribution in [0.25, 0.3) is 0 Å². The first-order chi connectivity index (χ1) is 7.61. The molecule has 0 bridgehead atoms. The van der Waals surface area contributed by atoms with E-state index in [4.69, 9.17) is 0 Å². The van der Waals surface area contributed by atoms with Crippen molar-refractivity contribution in [3.63, 3.8) is 0 Å². The fourth-order valence-corrected chi connectivity index (χ4v) is 2.13. The number of carbonyl (C=O) groups excluding carboxylic acids is 1. The van der Waals surface area contributed by atoms with Crippen LogP contribution in [0.5, 0.6) is 0 Å². The topological polar surface area (TPSA) is 17.1 Å². The molecular formula is C14H19BrO. The molecule has 0 amide bonds. The Hall–Kier alpha value is -0.630. The standard InChI is InChI=1S/C14H19BrO/c1-11(2)9-12-3-5-13(6-4-12)10-14(16)7-8-15/h3-6,11H,7-10H2,1-2H3. The monoisotopic (exact) mass is 282 g/mol. The lowest BCUT2D eigenvalue weighted by Crippen LogP contribution is -2.03. The van der Waals surface area contributed by atoms with E-state index in [1.807, 2.05) is 0 Å². The fourth-order valence-electron chi connectivity index (χ4n) is 1.69. The number of halogens is 1. The van der Waals surface area contributed by atoms with Crippen molar-refractivity contribution in [3.8, 4) is 0 Å². The summed E-state index contributed by atoms with van der Waals surface area (Å²) in [4.78, 5) is 11.4. The van der Waals surface area contributed by atoms with Gasteiger partial charge in [-0.05, 0) is 23.5 Å². The van der Waals surface area contributed by atoms with Gasteiger partial charge in [0.1, 0.15) is 5.78 Å². The summed E-state index contributed by atoms with van der Waals surface area (Å²) in [5, 5.41) is 0.761. The first kappa shape index (κ1) is 13.4. The summed E-state index contributed by atoms with van der Waals surface area (Å²) in [5.74, 6) is 0.981. The van der Waals surface area contributed by atoms with Crippen molar-refractivity contribution in [1.29, 1.82) is 0 Å². The molecule has 0 fully saturated rings. The van der Waals surface area contributed by atoms with Crippen molar-refractivity contribution in [2.24, 2.45) is 5.92 Å². The highest BCUT2D eigenvalue weighted by atomic mass is 79.9. The maximum Gasteiger partial charge on any atom is 0.138 e. The van der Waals surface area contributed by atoms with Crippen molar-refractivity contribution < 1.29 is 4.79 Å². The number of carbonyl (C=O) groups is 1. The number of benzene rings is 1. The molecule has 1 nitrogen and oxygen atoms in total. The summed E-state index contributed by atoms with van der Waals surface area (Å²) in [5.41, 5.74) is 2.48. The highest BCUT2D eigenvalue weighted by Gasteiger charge is 2.03. The number of alkyl halides is 1. The molecule has 0 atom stereocenters. The number of Topliss-reactive ketones (excluding diaryl/α,β-unsaturated/α-hetero) is 1. The van der Waals surface area contributed by atoms with Gasteiger partial charge in [0.15, 0.2) is 0 Å². The maximum absolute atomic E-state index is 11.4. The molecule has 1 aromatic rings. The Morgan fingerprint density at radius 2 is 1.75 bits per heavy atom. The van der Waals surface area contributed by atoms with Gasteiger partial charge in [-0.2, -0.15) is 0 Å². The molecule has 0 aliphatic rings. The van der Waals surface area contributed by atoms with Crippen LogP contribution in [0.1, 0.15) is 31.4 Å². The summed E-state index contributed by atoms with van der Waals surface area (Å²) in [6.45, 7) is 4.43. The van der Waals surface area contributed by atoms with Crippen molar-refractivity contribution >= 4 is 21.7 Å². The summed E-state index contributed by atoms with van der Waals surface area (Å²) in [6.07, 6.45) is 2.29. The van der Waals surface area contributed by atoms with Crippen LogP contribution >= 0.6 is 15.9 Å². The largest absolute Gasteiger partial charge is 0.299 e. The second-order valence-electron chi connectivity index (χ2n) is 4.57. The molecule has 16 heavy (non-hydrogen) atoms. The SMILES string of the molecule is CC(C)Cc1ccc(CC(=O)CCBr)cc1. The molecule has 0 spiro atoms. The van der Waals surface area contributed by atoms with Crippen LogP contribution in [-0.4, -0.2) is 11.1 Å². The van der Waals surface area contributed by atoms with Gasteiger partial charge in [0.05, 0.1) is 0 Å². The average Bonchev–Trinajstić information content (AvgIpc) is 2.20. The molecule has 0 radical (unpaired) electrons. The van der Waals surface area contributed by atoms with Crippen LogP contribution in [0, 0.1) is 5.92 Å². The number of hydrogen-bond acceptors (Lipinski definition) is 1. The van der Waals surface area contributed by atoms with Crippen molar-refractivity contribution in [2.75, 3.05) is 5.33 Å². The fraction of sp³-hybridized carbons (Fsp3) is 0.500. The normalized spacial score (nSPS) is 10.8. The Kier molecular flexibility index (Phi) is 5.75. The van der Waals surface area contributed by atoms with Gasteiger partial charge in [-0.3, -0.25) is 4.79 Å². The van der Waals surface area contributed by atoms with E-state index in [2.05, 4.69) is 54.0 Å². The molecule has 0 heterocycles. The van der Waals surface area contributed by atoms with Gasteiger partial charge >= 0.3 is 0 Å². The second-order valence-corrected chi connectivity index (χ2v) is 5.36. The van der Waals surface area contributed by atoms with E-state index in [-0.39, 0.29) is 0 Å². The van der Waals surface area contributed by atoms with E-state index >= 15 is 0 Å². The zero-order chi connectivity index (χ0) is 12.0. The predicted molar refractivity (Wildman–Crippen MR) is 72.1 cm³/mol. The minimum atomic E-state index is 0.300. The predicted octanol–water partition coefficient (Wildman–Crippen LogP) is 3.78. The third-order valence-electron chi connectivity index (χ3n) is 2.44. The quantitative estimate of drug-likeness (QED) is 0.726. The van der Waals surface area contributed by atoms with E-state index in [0.717, 1.165) is 17.3 Å². The highest BCUT2D eigenvalue weighted by Crippen LogP contribution is 2.11. The van der Waals surface area contributed by atoms with Crippen LogP contribution in [0.15, 0.2) is 24.3 Å². The van der Waals surface area contributed by atoms with Crippen LogP contribution < -0.4 is 0 Å². The first-order valence-electron chi connectivity index (χ1n) is 5.77. The van der Waals surface area contributed by atoms with Gasteiger partial charge < -0.3 is 0 Å². The van der Waals surface area contributed by atoms with Crippen LogP contribution in [-0.2, 0) is 17.6 Å². The molecule has 1 rings (SSSR count). The third kappa shape index (κ3) is 4.93. The number of hydrogen-bond donors (Lipinski definition) is 0. The lowest BCUT2D eigenvalue weighted by Gasteiger charge is -2.06. The Labute approximate surface area is 106 Å². The third-order valence-corrected chi connectivity index (χ3v) is 2.84.